The van der Waals surface area contributed by atoms with Gasteiger partial charge in [0.15, 0.2) is 0 Å². The summed E-state index contributed by atoms with van der Waals surface area (Å²) >= 11 is 0. The second-order valence-corrected chi connectivity index (χ2v) is 5.40. The van der Waals surface area contributed by atoms with E-state index in [0.29, 0.717) is 17.8 Å². The van der Waals surface area contributed by atoms with Gasteiger partial charge in [-0.25, -0.2) is 9.78 Å². The van der Waals surface area contributed by atoms with E-state index in [9.17, 15) is 4.79 Å². The summed E-state index contributed by atoms with van der Waals surface area (Å²) in [5.41, 5.74) is 2.13. The van der Waals surface area contributed by atoms with E-state index in [4.69, 9.17) is 5.26 Å². The predicted molar refractivity (Wildman–Crippen MR) is 90.2 cm³/mol. The first-order valence-electron chi connectivity index (χ1n) is 7.14. The predicted octanol–water partition coefficient (Wildman–Crippen LogP) is 2.68. The van der Waals surface area contributed by atoms with E-state index in [1.807, 2.05) is 43.3 Å². The van der Waals surface area contributed by atoms with Gasteiger partial charge in [-0.2, -0.15) is 5.26 Å². The number of nitrogens with zero attached hydrogens (tertiary/aromatic N) is 4. The molecule has 6 heteroatoms. The van der Waals surface area contributed by atoms with Crippen molar-refractivity contribution in [3.63, 3.8) is 0 Å². The summed E-state index contributed by atoms with van der Waals surface area (Å²) < 4.78 is 0. The minimum atomic E-state index is -0.230. The quantitative estimate of drug-likeness (QED) is 0.942. The number of nitrogens with one attached hydrogen (secondary N) is 1. The Bertz CT molecular complexity index is 719. The van der Waals surface area contributed by atoms with Crippen molar-refractivity contribution in [1.82, 2.24) is 9.88 Å². The van der Waals surface area contributed by atoms with Gasteiger partial charge >= 0.3 is 6.03 Å². The molecule has 23 heavy (non-hydrogen) atoms. The van der Waals surface area contributed by atoms with Crippen molar-refractivity contribution in [2.24, 2.45) is 0 Å². The smallest absolute Gasteiger partial charge is 0.321 e. The normalized spacial score (nSPS) is 9.83. The van der Waals surface area contributed by atoms with Crippen molar-refractivity contribution in [3.8, 4) is 6.07 Å². The molecule has 0 aliphatic rings. The molecule has 0 aliphatic carbocycles. The highest BCUT2D eigenvalue weighted by molar-refractivity contribution is 5.89. The van der Waals surface area contributed by atoms with Gasteiger partial charge in [-0.05, 0) is 29.8 Å². The second-order valence-electron chi connectivity index (χ2n) is 5.40. The molecule has 0 saturated heterocycles. The maximum absolute atomic E-state index is 12.2. The van der Waals surface area contributed by atoms with Crippen molar-refractivity contribution in [1.29, 1.82) is 5.26 Å². The van der Waals surface area contributed by atoms with E-state index in [1.165, 1.54) is 0 Å². The highest BCUT2D eigenvalue weighted by Crippen LogP contribution is 2.13. The molecule has 2 rings (SSSR count). The molecular weight excluding hydrogens is 290 g/mol. The zero-order chi connectivity index (χ0) is 16.8. The van der Waals surface area contributed by atoms with E-state index < -0.39 is 0 Å². The molecular formula is C17H19N5O. The van der Waals surface area contributed by atoms with Gasteiger partial charge in [-0.1, -0.05) is 12.1 Å². The van der Waals surface area contributed by atoms with Crippen LogP contribution in [0.15, 0.2) is 42.6 Å². The minimum absolute atomic E-state index is 0.230. The molecule has 6 nitrogen and oxygen atoms in total. The zero-order valence-electron chi connectivity index (χ0n) is 13.4. The summed E-state index contributed by atoms with van der Waals surface area (Å²) in [7, 11) is 5.52. The number of hydrogen-bond donors (Lipinski definition) is 1. The van der Waals surface area contributed by atoms with Crippen LogP contribution in [0.5, 0.6) is 0 Å². The number of aromatic nitrogens is 1. The number of carbonyl (C=O) groups excluding carboxylic acids is 1. The van der Waals surface area contributed by atoms with Crippen molar-refractivity contribution in [2.45, 2.75) is 6.54 Å². The Balaban J connectivity index is 1.98. The fraction of sp³-hybridized carbons (Fsp3) is 0.235. The van der Waals surface area contributed by atoms with Gasteiger partial charge in [0.1, 0.15) is 5.82 Å². The van der Waals surface area contributed by atoms with E-state index >= 15 is 0 Å². The van der Waals surface area contributed by atoms with Gasteiger partial charge in [0.2, 0.25) is 0 Å². The third kappa shape index (κ3) is 4.45. The van der Waals surface area contributed by atoms with Crippen LogP contribution in [0.3, 0.4) is 0 Å². The lowest BCUT2D eigenvalue weighted by atomic mass is 10.1. The van der Waals surface area contributed by atoms with E-state index in [1.54, 1.807) is 30.3 Å². The Morgan fingerprint density at radius 3 is 2.65 bits per heavy atom. The molecule has 0 aliphatic heterocycles. The highest BCUT2D eigenvalue weighted by atomic mass is 16.2. The van der Waals surface area contributed by atoms with Crippen molar-refractivity contribution < 1.29 is 4.79 Å². The maximum atomic E-state index is 12.2. The number of nitriles is 1. The highest BCUT2D eigenvalue weighted by Gasteiger charge is 2.10. The van der Waals surface area contributed by atoms with E-state index in [0.717, 1.165) is 11.4 Å². The summed E-state index contributed by atoms with van der Waals surface area (Å²) in [6.07, 6.45) is 1.62. The molecule has 0 saturated carbocycles. The minimum Gasteiger partial charge on any atom is -0.363 e. The molecule has 1 heterocycles. The summed E-state index contributed by atoms with van der Waals surface area (Å²) in [6.45, 7) is 0.421. The van der Waals surface area contributed by atoms with Crippen LogP contribution >= 0.6 is 0 Å². The third-order valence-electron chi connectivity index (χ3n) is 3.28. The van der Waals surface area contributed by atoms with Gasteiger partial charge < -0.3 is 15.1 Å². The molecule has 0 bridgehead atoms. The van der Waals surface area contributed by atoms with Crippen molar-refractivity contribution >= 4 is 17.5 Å². The number of amides is 2. The Kier molecular flexibility index (Phi) is 5.15. The number of urea groups is 1. The average molecular weight is 309 g/mol. The van der Waals surface area contributed by atoms with Gasteiger partial charge in [0.05, 0.1) is 23.5 Å². The molecule has 0 atom stereocenters. The van der Waals surface area contributed by atoms with Gasteiger partial charge in [0, 0.05) is 27.7 Å². The summed E-state index contributed by atoms with van der Waals surface area (Å²) in [5, 5.41) is 11.7. The van der Waals surface area contributed by atoms with Gasteiger partial charge in [0.25, 0.3) is 0 Å². The monoisotopic (exact) mass is 309 g/mol. The van der Waals surface area contributed by atoms with Crippen molar-refractivity contribution in [3.05, 3.63) is 53.7 Å². The third-order valence-corrected chi connectivity index (χ3v) is 3.28. The molecule has 2 amide bonds. The Morgan fingerprint density at radius 1 is 1.26 bits per heavy atom. The first kappa shape index (κ1) is 16.3. The molecule has 1 aromatic carbocycles. The molecule has 0 unspecified atom stereocenters. The van der Waals surface area contributed by atoms with Gasteiger partial charge in [-0.15, -0.1) is 0 Å². The summed E-state index contributed by atoms with van der Waals surface area (Å²) in [4.78, 5) is 19.9. The first-order chi connectivity index (χ1) is 11.0. The molecule has 118 valence electrons. The number of hydrogen-bond acceptors (Lipinski definition) is 4. The zero-order valence-corrected chi connectivity index (χ0v) is 13.4. The summed E-state index contributed by atoms with van der Waals surface area (Å²) in [6, 6.07) is 12.7. The van der Waals surface area contributed by atoms with Crippen LogP contribution in [0.25, 0.3) is 0 Å². The largest absolute Gasteiger partial charge is 0.363 e. The van der Waals surface area contributed by atoms with Crippen LogP contribution < -0.4 is 10.2 Å². The fourth-order valence-corrected chi connectivity index (χ4v) is 2.03. The number of pyridine rings is 1. The van der Waals surface area contributed by atoms with Crippen molar-refractivity contribution in [2.75, 3.05) is 31.4 Å². The van der Waals surface area contributed by atoms with Crippen LogP contribution in [0.4, 0.5) is 16.3 Å². The van der Waals surface area contributed by atoms with E-state index in [-0.39, 0.29) is 6.03 Å². The average Bonchev–Trinajstić information content (AvgIpc) is 2.55. The number of anilines is 2. The second kappa shape index (κ2) is 7.27. The molecule has 1 N–H and O–H groups in total. The molecule has 0 spiro atoms. The molecule has 0 fully saturated rings. The summed E-state index contributed by atoms with van der Waals surface area (Å²) in [5.74, 6) is 0.824. The van der Waals surface area contributed by atoms with Crippen LogP contribution in [0.1, 0.15) is 11.1 Å². The molecule has 1 aromatic heterocycles. The van der Waals surface area contributed by atoms with Crippen LogP contribution in [-0.4, -0.2) is 37.1 Å². The number of benzene rings is 1. The van der Waals surface area contributed by atoms with Crippen LogP contribution in [0.2, 0.25) is 0 Å². The molecule has 0 radical (unpaired) electrons. The lowest BCUT2D eigenvalue weighted by Crippen LogP contribution is -2.30. The lowest BCUT2D eigenvalue weighted by Gasteiger charge is -2.18. The SMILES string of the molecule is CN(Cc1cccc(C#N)c1)C(=O)Nc1ccc(N(C)C)nc1. The van der Waals surface area contributed by atoms with Crippen LogP contribution in [0, 0.1) is 11.3 Å². The standard InChI is InChI=1S/C17H19N5O/c1-21(2)16-8-7-15(11-19-16)20-17(23)22(3)12-14-6-4-5-13(9-14)10-18/h4-9,11H,12H2,1-3H3,(H,20,23). The lowest BCUT2D eigenvalue weighted by molar-refractivity contribution is 0.220. The van der Waals surface area contributed by atoms with Crippen LogP contribution in [-0.2, 0) is 6.54 Å². The Labute approximate surface area is 136 Å². The molecule has 2 aromatic rings. The topological polar surface area (TPSA) is 72.3 Å². The van der Waals surface area contributed by atoms with Gasteiger partial charge in [-0.3, -0.25) is 0 Å². The number of carbonyl (C=O) groups is 1. The van der Waals surface area contributed by atoms with E-state index in [2.05, 4.69) is 16.4 Å². The number of rotatable bonds is 4. The first-order valence-corrected chi connectivity index (χ1v) is 7.14. The Morgan fingerprint density at radius 2 is 2.04 bits per heavy atom. The Hall–Kier alpha value is -3.07. The maximum Gasteiger partial charge on any atom is 0.321 e. The fourth-order valence-electron chi connectivity index (χ4n) is 2.03.